The van der Waals surface area contributed by atoms with E-state index in [4.69, 9.17) is 9.47 Å². The standard InChI is InChI=1S/C21H17F2NO3/c1-3-6-26-21(25)13-4-5-15-14(7-13)11-27-19-9-18(23)17(22)8-16(19)20(15)12(2)10-24/h4-5,7-9H,3,6,11H2,1-2H3. The Morgan fingerprint density at radius 3 is 2.67 bits per heavy atom. The molecule has 0 spiro atoms. The Morgan fingerprint density at radius 2 is 1.96 bits per heavy atom. The fourth-order valence-electron chi connectivity index (χ4n) is 2.97. The van der Waals surface area contributed by atoms with Crippen molar-refractivity contribution in [1.29, 1.82) is 5.26 Å². The van der Waals surface area contributed by atoms with E-state index in [-0.39, 0.29) is 12.4 Å². The third-order valence-electron chi connectivity index (χ3n) is 4.27. The van der Waals surface area contributed by atoms with Crippen molar-refractivity contribution in [2.45, 2.75) is 26.9 Å². The number of nitrogens with zero attached hydrogens (tertiary/aromatic N) is 1. The SMILES string of the molecule is CCCOC(=O)c1ccc2c(c1)COc1cc(F)c(F)cc1C2=C(C)C#N. The van der Waals surface area contributed by atoms with Crippen molar-refractivity contribution in [2.24, 2.45) is 0 Å². The Morgan fingerprint density at radius 1 is 1.22 bits per heavy atom. The summed E-state index contributed by atoms with van der Waals surface area (Å²) in [5.74, 6) is -2.37. The topological polar surface area (TPSA) is 59.3 Å². The molecule has 0 bridgehead atoms. The molecule has 0 radical (unpaired) electrons. The van der Waals surface area contributed by atoms with Gasteiger partial charge < -0.3 is 9.47 Å². The summed E-state index contributed by atoms with van der Waals surface area (Å²) in [6.45, 7) is 3.86. The van der Waals surface area contributed by atoms with Gasteiger partial charge in [0.15, 0.2) is 11.6 Å². The van der Waals surface area contributed by atoms with Gasteiger partial charge in [-0.2, -0.15) is 5.26 Å². The van der Waals surface area contributed by atoms with Crippen LogP contribution in [0.3, 0.4) is 0 Å². The van der Waals surface area contributed by atoms with Crippen LogP contribution in [0.5, 0.6) is 5.75 Å². The third-order valence-corrected chi connectivity index (χ3v) is 4.27. The van der Waals surface area contributed by atoms with Gasteiger partial charge in [-0.05, 0) is 42.7 Å². The molecule has 0 atom stereocenters. The molecule has 1 aliphatic heterocycles. The molecule has 0 saturated heterocycles. The molecular weight excluding hydrogens is 352 g/mol. The fourth-order valence-corrected chi connectivity index (χ4v) is 2.97. The minimum atomic E-state index is -1.03. The number of rotatable bonds is 3. The lowest BCUT2D eigenvalue weighted by atomic mass is 9.90. The minimum absolute atomic E-state index is 0.0461. The summed E-state index contributed by atoms with van der Waals surface area (Å²) < 4.78 is 38.3. The van der Waals surface area contributed by atoms with Crippen molar-refractivity contribution in [3.8, 4) is 11.8 Å². The highest BCUT2D eigenvalue weighted by Crippen LogP contribution is 2.39. The number of allylic oxidation sites excluding steroid dienone is 1. The molecule has 2 aromatic carbocycles. The first-order chi connectivity index (χ1) is 13.0. The van der Waals surface area contributed by atoms with Crippen LogP contribution in [0.4, 0.5) is 8.78 Å². The molecule has 27 heavy (non-hydrogen) atoms. The van der Waals surface area contributed by atoms with E-state index >= 15 is 0 Å². The normalized spacial score (nSPS) is 14.2. The first kappa shape index (κ1) is 18.6. The number of hydrogen-bond donors (Lipinski definition) is 0. The number of halogens is 2. The van der Waals surface area contributed by atoms with E-state index in [0.717, 1.165) is 12.1 Å². The summed E-state index contributed by atoms with van der Waals surface area (Å²) in [5.41, 5.74) is 2.69. The molecule has 0 amide bonds. The molecular formula is C21H17F2NO3. The first-order valence-electron chi connectivity index (χ1n) is 8.49. The van der Waals surface area contributed by atoms with Gasteiger partial charge in [0.25, 0.3) is 0 Å². The van der Waals surface area contributed by atoms with Crippen molar-refractivity contribution in [2.75, 3.05) is 6.61 Å². The highest BCUT2D eigenvalue weighted by Gasteiger charge is 2.24. The molecule has 6 heteroatoms. The number of carbonyl (C=O) groups is 1. The molecule has 0 aliphatic carbocycles. The van der Waals surface area contributed by atoms with Crippen molar-refractivity contribution in [3.05, 3.63) is 69.8 Å². The number of esters is 1. The van der Waals surface area contributed by atoms with Gasteiger partial charge in [-0.3, -0.25) is 0 Å². The van der Waals surface area contributed by atoms with Crippen LogP contribution in [0.15, 0.2) is 35.9 Å². The van der Waals surface area contributed by atoms with Gasteiger partial charge in [0.05, 0.1) is 18.2 Å². The molecule has 0 unspecified atom stereocenters. The fraction of sp³-hybridized carbons (Fsp3) is 0.238. The van der Waals surface area contributed by atoms with Crippen molar-refractivity contribution < 1.29 is 23.0 Å². The average Bonchev–Trinajstić information content (AvgIpc) is 2.82. The van der Waals surface area contributed by atoms with E-state index in [1.54, 1.807) is 25.1 Å². The maximum atomic E-state index is 13.8. The second kappa shape index (κ2) is 7.58. The predicted octanol–water partition coefficient (Wildman–Crippen LogP) is 4.77. The molecule has 0 N–H and O–H groups in total. The lowest BCUT2D eigenvalue weighted by Gasteiger charge is -2.12. The number of hydrogen-bond acceptors (Lipinski definition) is 4. The van der Waals surface area contributed by atoms with Gasteiger partial charge in [-0.25, -0.2) is 13.6 Å². The van der Waals surface area contributed by atoms with E-state index in [9.17, 15) is 18.8 Å². The van der Waals surface area contributed by atoms with E-state index in [2.05, 4.69) is 6.07 Å². The van der Waals surface area contributed by atoms with Crippen LogP contribution in [0.1, 0.15) is 47.3 Å². The Bertz CT molecular complexity index is 990. The van der Waals surface area contributed by atoms with Gasteiger partial charge in [-0.1, -0.05) is 13.0 Å². The highest BCUT2D eigenvalue weighted by atomic mass is 19.2. The third kappa shape index (κ3) is 3.54. The maximum absolute atomic E-state index is 13.8. The van der Waals surface area contributed by atoms with E-state index < -0.39 is 17.6 Å². The summed E-state index contributed by atoms with van der Waals surface area (Å²) in [7, 11) is 0. The van der Waals surface area contributed by atoms with Crippen LogP contribution < -0.4 is 4.74 Å². The summed E-state index contributed by atoms with van der Waals surface area (Å²) in [4.78, 5) is 12.1. The van der Waals surface area contributed by atoms with Crippen LogP contribution in [-0.4, -0.2) is 12.6 Å². The van der Waals surface area contributed by atoms with Gasteiger partial charge >= 0.3 is 5.97 Å². The largest absolute Gasteiger partial charge is 0.488 e. The average molecular weight is 369 g/mol. The lowest BCUT2D eigenvalue weighted by molar-refractivity contribution is 0.0505. The molecule has 2 aromatic rings. The summed E-state index contributed by atoms with van der Waals surface area (Å²) in [6, 6.07) is 8.94. The van der Waals surface area contributed by atoms with Gasteiger partial charge in [0, 0.05) is 22.8 Å². The number of benzene rings is 2. The summed E-state index contributed by atoms with van der Waals surface area (Å²) in [6.07, 6.45) is 0.709. The molecule has 3 rings (SSSR count). The zero-order valence-electron chi connectivity index (χ0n) is 14.9. The van der Waals surface area contributed by atoms with Crippen molar-refractivity contribution in [1.82, 2.24) is 0 Å². The minimum Gasteiger partial charge on any atom is -0.488 e. The van der Waals surface area contributed by atoms with Crippen LogP contribution in [0.2, 0.25) is 0 Å². The number of fused-ring (bicyclic) bond motifs is 2. The Balaban J connectivity index is 2.16. The van der Waals surface area contributed by atoms with E-state index in [1.165, 1.54) is 0 Å². The number of ether oxygens (including phenoxy) is 2. The summed E-state index contributed by atoms with van der Waals surface area (Å²) in [5, 5.41) is 9.40. The molecule has 0 saturated carbocycles. The smallest absolute Gasteiger partial charge is 0.338 e. The molecule has 138 valence electrons. The second-order valence-electron chi connectivity index (χ2n) is 6.17. The van der Waals surface area contributed by atoms with Crippen molar-refractivity contribution >= 4 is 11.5 Å². The van der Waals surface area contributed by atoms with Gasteiger partial charge in [0.1, 0.15) is 12.4 Å². The zero-order chi connectivity index (χ0) is 19.6. The summed E-state index contributed by atoms with van der Waals surface area (Å²) >= 11 is 0. The monoisotopic (exact) mass is 369 g/mol. The molecule has 1 heterocycles. The van der Waals surface area contributed by atoms with Gasteiger partial charge in [-0.15, -0.1) is 0 Å². The zero-order valence-corrected chi connectivity index (χ0v) is 14.9. The quantitative estimate of drug-likeness (QED) is 0.578. The maximum Gasteiger partial charge on any atom is 0.338 e. The molecule has 1 aliphatic rings. The number of nitriles is 1. The van der Waals surface area contributed by atoms with E-state index in [0.29, 0.717) is 46.4 Å². The Kier molecular flexibility index (Phi) is 5.22. The highest BCUT2D eigenvalue weighted by molar-refractivity contribution is 5.93. The molecule has 0 aromatic heterocycles. The Hall–Kier alpha value is -3.20. The van der Waals surface area contributed by atoms with Crippen LogP contribution >= 0.6 is 0 Å². The van der Waals surface area contributed by atoms with Crippen LogP contribution in [-0.2, 0) is 11.3 Å². The molecule has 4 nitrogen and oxygen atoms in total. The van der Waals surface area contributed by atoms with Crippen LogP contribution in [0.25, 0.3) is 5.57 Å². The Labute approximate surface area is 155 Å². The molecule has 0 fully saturated rings. The van der Waals surface area contributed by atoms with Gasteiger partial charge in [0.2, 0.25) is 0 Å². The first-order valence-corrected chi connectivity index (χ1v) is 8.49. The predicted molar refractivity (Wildman–Crippen MR) is 95.0 cm³/mol. The van der Waals surface area contributed by atoms with Crippen LogP contribution in [0, 0.1) is 23.0 Å². The lowest BCUT2D eigenvalue weighted by Crippen LogP contribution is -2.07. The van der Waals surface area contributed by atoms with Crippen molar-refractivity contribution in [3.63, 3.8) is 0 Å². The van der Waals surface area contributed by atoms with E-state index in [1.807, 2.05) is 6.92 Å². The number of carbonyl (C=O) groups excluding carboxylic acids is 1. The second-order valence-corrected chi connectivity index (χ2v) is 6.17.